The molecular formula is C19H23NO3S. The lowest BCUT2D eigenvalue weighted by Crippen LogP contribution is -2.27. The van der Waals surface area contributed by atoms with E-state index in [9.17, 15) is 4.79 Å². The normalized spacial score (nSPS) is 11.7. The van der Waals surface area contributed by atoms with Crippen LogP contribution in [0.2, 0.25) is 0 Å². The van der Waals surface area contributed by atoms with Crippen LogP contribution in [-0.4, -0.2) is 26.4 Å². The molecule has 1 amide bonds. The van der Waals surface area contributed by atoms with E-state index in [1.807, 2.05) is 49.4 Å². The van der Waals surface area contributed by atoms with Crippen molar-refractivity contribution in [3.63, 3.8) is 0 Å². The van der Waals surface area contributed by atoms with E-state index in [0.29, 0.717) is 5.56 Å². The smallest absolute Gasteiger partial charge is 0.251 e. The average molecular weight is 345 g/mol. The van der Waals surface area contributed by atoms with Crippen molar-refractivity contribution in [3.8, 4) is 11.5 Å². The molecule has 2 aromatic rings. The summed E-state index contributed by atoms with van der Waals surface area (Å²) in [5.41, 5.74) is 2.74. The Morgan fingerprint density at radius 2 is 1.83 bits per heavy atom. The van der Waals surface area contributed by atoms with Crippen LogP contribution in [0.1, 0.15) is 34.5 Å². The second kappa shape index (κ2) is 8.64. The molecule has 0 saturated heterocycles. The fourth-order valence-corrected chi connectivity index (χ4v) is 2.98. The molecule has 0 heterocycles. The number of benzene rings is 2. The molecule has 0 aliphatic heterocycles. The van der Waals surface area contributed by atoms with Gasteiger partial charge in [0.1, 0.15) is 11.5 Å². The molecule has 128 valence electrons. The van der Waals surface area contributed by atoms with Crippen molar-refractivity contribution in [1.29, 1.82) is 0 Å². The number of rotatable bonds is 7. The van der Waals surface area contributed by atoms with Crippen molar-refractivity contribution in [1.82, 2.24) is 5.32 Å². The molecule has 5 heteroatoms. The Hall–Kier alpha value is -2.14. The van der Waals surface area contributed by atoms with Gasteiger partial charge in [-0.2, -0.15) is 11.8 Å². The van der Waals surface area contributed by atoms with Gasteiger partial charge in [-0.25, -0.2) is 0 Å². The lowest BCUT2D eigenvalue weighted by molar-refractivity contribution is 0.0939. The van der Waals surface area contributed by atoms with E-state index in [1.54, 1.807) is 26.0 Å². The molecule has 0 radical (unpaired) electrons. The summed E-state index contributed by atoms with van der Waals surface area (Å²) in [6, 6.07) is 13.0. The van der Waals surface area contributed by atoms with Gasteiger partial charge in [-0.15, -0.1) is 0 Å². The minimum atomic E-state index is -0.201. The molecule has 24 heavy (non-hydrogen) atoms. The summed E-state index contributed by atoms with van der Waals surface area (Å²) in [5, 5.41) is 3.01. The maximum absolute atomic E-state index is 12.5. The number of carbonyl (C=O) groups excluding carboxylic acids is 1. The van der Waals surface area contributed by atoms with E-state index in [0.717, 1.165) is 22.8 Å². The number of hydrogen-bond donors (Lipinski definition) is 1. The van der Waals surface area contributed by atoms with E-state index in [4.69, 9.17) is 9.47 Å². The standard InChI is InChI=1S/C19H23NO3S/c1-13(17-11-16(22-2)9-10-18(17)23-3)20-19(21)15-7-5-14(6-8-15)12-24-4/h5-11,13H,12H2,1-4H3,(H,20,21)/t13-/m0/s1. The molecule has 0 saturated carbocycles. The number of hydrogen-bond acceptors (Lipinski definition) is 4. The van der Waals surface area contributed by atoms with Crippen LogP contribution in [0.25, 0.3) is 0 Å². The zero-order chi connectivity index (χ0) is 17.5. The largest absolute Gasteiger partial charge is 0.497 e. The van der Waals surface area contributed by atoms with E-state index in [-0.39, 0.29) is 11.9 Å². The van der Waals surface area contributed by atoms with Gasteiger partial charge in [0.25, 0.3) is 5.91 Å². The maximum Gasteiger partial charge on any atom is 0.251 e. The van der Waals surface area contributed by atoms with Crippen molar-refractivity contribution < 1.29 is 14.3 Å². The summed E-state index contributed by atoms with van der Waals surface area (Å²) in [5.74, 6) is 2.29. The summed E-state index contributed by atoms with van der Waals surface area (Å²) < 4.78 is 10.6. The SMILES string of the molecule is COc1ccc(OC)c([C@H](C)NC(=O)c2ccc(CSC)cc2)c1. The van der Waals surface area contributed by atoms with Crippen LogP contribution >= 0.6 is 11.8 Å². The highest BCUT2D eigenvalue weighted by Crippen LogP contribution is 2.29. The Bertz CT molecular complexity index is 686. The topological polar surface area (TPSA) is 47.6 Å². The van der Waals surface area contributed by atoms with Crippen molar-refractivity contribution in [2.45, 2.75) is 18.7 Å². The number of nitrogens with one attached hydrogen (secondary N) is 1. The average Bonchev–Trinajstić information content (AvgIpc) is 2.61. The first-order chi connectivity index (χ1) is 11.6. The Morgan fingerprint density at radius 3 is 2.42 bits per heavy atom. The Balaban J connectivity index is 2.13. The van der Waals surface area contributed by atoms with Crippen LogP contribution in [0.3, 0.4) is 0 Å². The van der Waals surface area contributed by atoms with Gasteiger partial charge in [-0.05, 0) is 49.1 Å². The van der Waals surface area contributed by atoms with Gasteiger partial charge in [0, 0.05) is 16.9 Å². The van der Waals surface area contributed by atoms with E-state index in [1.165, 1.54) is 5.56 Å². The molecule has 0 aromatic heterocycles. The van der Waals surface area contributed by atoms with Crippen molar-refractivity contribution in [3.05, 3.63) is 59.2 Å². The quantitative estimate of drug-likeness (QED) is 0.822. The summed E-state index contributed by atoms with van der Waals surface area (Å²) in [6.45, 7) is 1.93. The molecular weight excluding hydrogens is 322 g/mol. The van der Waals surface area contributed by atoms with Crippen LogP contribution in [0.5, 0.6) is 11.5 Å². The predicted octanol–water partition coefficient (Wildman–Crippen LogP) is 4.06. The highest BCUT2D eigenvalue weighted by molar-refractivity contribution is 7.97. The molecule has 1 N–H and O–H groups in total. The summed E-state index contributed by atoms with van der Waals surface area (Å²) in [4.78, 5) is 12.5. The molecule has 2 rings (SSSR count). The fourth-order valence-electron chi connectivity index (χ4n) is 2.45. The second-order valence-corrected chi connectivity index (χ2v) is 6.30. The Kier molecular flexibility index (Phi) is 6.55. The van der Waals surface area contributed by atoms with Crippen LogP contribution in [0.4, 0.5) is 0 Å². The van der Waals surface area contributed by atoms with Crippen LogP contribution in [0.15, 0.2) is 42.5 Å². The number of amides is 1. The second-order valence-electron chi connectivity index (χ2n) is 5.43. The van der Waals surface area contributed by atoms with Crippen molar-refractivity contribution >= 4 is 17.7 Å². The number of thioether (sulfide) groups is 1. The van der Waals surface area contributed by atoms with Gasteiger partial charge >= 0.3 is 0 Å². The summed E-state index contributed by atoms with van der Waals surface area (Å²) in [7, 11) is 3.23. The Labute approximate surface area is 147 Å². The zero-order valence-electron chi connectivity index (χ0n) is 14.5. The first-order valence-corrected chi connectivity index (χ1v) is 9.09. The third-order valence-corrected chi connectivity index (χ3v) is 4.40. The molecule has 0 fully saturated rings. The predicted molar refractivity (Wildman–Crippen MR) is 99.1 cm³/mol. The molecule has 2 aromatic carbocycles. The van der Waals surface area contributed by atoms with Gasteiger partial charge in [0.2, 0.25) is 0 Å². The molecule has 4 nitrogen and oxygen atoms in total. The van der Waals surface area contributed by atoms with Crippen LogP contribution in [-0.2, 0) is 5.75 Å². The molecule has 0 unspecified atom stereocenters. The van der Waals surface area contributed by atoms with Crippen LogP contribution in [0, 0.1) is 0 Å². The van der Waals surface area contributed by atoms with Crippen molar-refractivity contribution in [2.75, 3.05) is 20.5 Å². The Morgan fingerprint density at radius 1 is 1.12 bits per heavy atom. The van der Waals surface area contributed by atoms with Gasteiger partial charge in [0.05, 0.1) is 20.3 Å². The molecule has 0 spiro atoms. The maximum atomic E-state index is 12.5. The summed E-state index contributed by atoms with van der Waals surface area (Å²) >= 11 is 1.76. The minimum Gasteiger partial charge on any atom is -0.497 e. The first kappa shape index (κ1) is 18.2. The van der Waals surface area contributed by atoms with E-state index >= 15 is 0 Å². The van der Waals surface area contributed by atoms with Crippen molar-refractivity contribution in [2.24, 2.45) is 0 Å². The number of carbonyl (C=O) groups is 1. The molecule has 0 aliphatic rings. The zero-order valence-corrected chi connectivity index (χ0v) is 15.3. The van der Waals surface area contributed by atoms with E-state index in [2.05, 4.69) is 11.6 Å². The highest BCUT2D eigenvalue weighted by atomic mass is 32.2. The third-order valence-electron chi connectivity index (χ3n) is 3.78. The van der Waals surface area contributed by atoms with Gasteiger partial charge < -0.3 is 14.8 Å². The highest BCUT2D eigenvalue weighted by Gasteiger charge is 2.16. The molecule has 1 atom stereocenters. The number of methoxy groups -OCH3 is 2. The monoisotopic (exact) mass is 345 g/mol. The molecule has 0 bridgehead atoms. The van der Waals surface area contributed by atoms with Gasteiger partial charge in [0.15, 0.2) is 0 Å². The minimum absolute atomic E-state index is 0.108. The van der Waals surface area contributed by atoms with E-state index < -0.39 is 0 Å². The molecule has 0 aliphatic carbocycles. The van der Waals surface area contributed by atoms with Gasteiger partial charge in [-0.1, -0.05) is 12.1 Å². The third kappa shape index (κ3) is 4.45. The number of ether oxygens (including phenoxy) is 2. The first-order valence-electron chi connectivity index (χ1n) is 7.69. The fraction of sp³-hybridized carbons (Fsp3) is 0.316. The lowest BCUT2D eigenvalue weighted by atomic mass is 10.1. The lowest BCUT2D eigenvalue weighted by Gasteiger charge is -2.18. The summed E-state index contributed by atoms with van der Waals surface area (Å²) in [6.07, 6.45) is 2.06. The van der Waals surface area contributed by atoms with Crippen LogP contribution < -0.4 is 14.8 Å². The van der Waals surface area contributed by atoms with Gasteiger partial charge in [-0.3, -0.25) is 4.79 Å².